The summed E-state index contributed by atoms with van der Waals surface area (Å²) in [5.74, 6) is -0.105. The standard InChI is InChI=1S/C21H23FN4O3S/c1-20(2)9-15-18(16(27)10-20)21(13-11-23-25-19(13)24-15)7-8-26(12-21)30(28,29)17-6-4-3-5-14(17)22/h3-6,24H,7-12H2,1-2H3/t21-/m1/s1. The van der Waals surface area contributed by atoms with Crippen LogP contribution >= 0.6 is 0 Å². The predicted molar refractivity (Wildman–Crippen MR) is 107 cm³/mol. The molecular weight excluding hydrogens is 407 g/mol. The number of hydrogen-bond donors (Lipinski definition) is 1. The second-order valence-electron chi connectivity index (χ2n) is 9.25. The summed E-state index contributed by atoms with van der Waals surface area (Å²) in [5, 5.41) is 11.7. The third-order valence-corrected chi connectivity index (χ3v) is 8.45. The van der Waals surface area contributed by atoms with Gasteiger partial charge in [-0.15, -0.1) is 5.11 Å². The van der Waals surface area contributed by atoms with E-state index in [2.05, 4.69) is 15.5 Å². The summed E-state index contributed by atoms with van der Waals surface area (Å²) < 4.78 is 42.0. The first kappa shape index (κ1) is 19.6. The highest BCUT2D eigenvalue weighted by molar-refractivity contribution is 7.89. The van der Waals surface area contributed by atoms with Crippen LogP contribution in [0.1, 0.15) is 33.1 Å². The Hall–Kier alpha value is -2.39. The SMILES string of the molecule is CC1(C)CC(=O)C2=C(C1)NC1=C(CN=N1)[C@]21CCN(S(=O)(=O)c2ccccc2F)C1. The van der Waals surface area contributed by atoms with Crippen LogP contribution in [0.5, 0.6) is 0 Å². The van der Waals surface area contributed by atoms with Gasteiger partial charge in [0.1, 0.15) is 10.7 Å². The molecule has 1 saturated heterocycles. The molecule has 1 aromatic rings. The second-order valence-corrected chi connectivity index (χ2v) is 11.2. The fourth-order valence-corrected chi connectivity index (χ4v) is 6.86. The Bertz CT molecular complexity index is 1170. The maximum atomic E-state index is 14.3. The molecule has 3 aliphatic heterocycles. The molecule has 1 fully saturated rings. The number of fused-ring (bicyclic) bond motifs is 2. The summed E-state index contributed by atoms with van der Waals surface area (Å²) in [6.45, 7) is 4.74. The van der Waals surface area contributed by atoms with Crippen LogP contribution in [0, 0.1) is 16.6 Å². The molecule has 3 heterocycles. The third-order valence-electron chi connectivity index (χ3n) is 6.57. The van der Waals surface area contributed by atoms with E-state index in [0.29, 0.717) is 37.2 Å². The highest BCUT2D eigenvalue weighted by Gasteiger charge is 2.56. The lowest BCUT2D eigenvalue weighted by Crippen LogP contribution is -2.45. The van der Waals surface area contributed by atoms with Gasteiger partial charge >= 0.3 is 0 Å². The molecular formula is C21H23FN4O3S. The number of allylic oxidation sites excluding steroid dienone is 1. The van der Waals surface area contributed by atoms with E-state index in [9.17, 15) is 17.6 Å². The predicted octanol–water partition coefficient (Wildman–Crippen LogP) is 3.13. The molecule has 1 atom stereocenters. The van der Waals surface area contributed by atoms with Crippen molar-refractivity contribution in [1.29, 1.82) is 0 Å². The number of hydrogen-bond acceptors (Lipinski definition) is 6. The number of Topliss-reactive ketones (excluding diaryl/α,β-unsaturated/α-hetero) is 1. The number of sulfonamides is 1. The van der Waals surface area contributed by atoms with Gasteiger partial charge in [-0.3, -0.25) is 4.79 Å². The third kappa shape index (κ3) is 2.71. The Labute approximate surface area is 174 Å². The summed E-state index contributed by atoms with van der Waals surface area (Å²) in [4.78, 5) is 12.9. The van der Waals surface area contributed by atoms with Crippen molar-refractivity contribution in [2.24, 2.45) is 21.1 Å². The van der Waals surface area contributed by atoms with Crippen molar-refractivity contribution in [2.45, 2.75) is 38.0 Å². The number of nitrogens with zero attached hydrogens (tertiary/aromatic N) is 3. The van der Waals surface area contributed by atoms with Crippen LogP contribution in [0.15, 0.2) is 62.1 Å². The normalized spacial score (nSPS) is 28.2. The van der Waals surface area contributed by atoms with E-state index < -0.39 is 21.3 Å². The van der Waals surface area contributed by atoms with Gasteiger partial charge in [-0.05, 0) is 30.4 Å². The molecule has 158 valence electrons. The van der Waals surface area contributed by atoms with Gasteiger partial charge in [-0.25, -0.2) is 12.8 Å². The fourth-order valence-electron chi connectivity index (χ4n) is 5.29. The van der Waals surface area contributed by atoms with Gasteiger partial charge in [0.05, 0.1) is 6.54 Å². The number of nitrogens with one attached hydrogen (secondary N) is 1. The van der Waals surface area contributed by atoms with Gasteiger partial charge in [0.2, 0.25) is 10.0 Å². The van der Waals surface area contributed by atoms with Crippen LogP contribution in [0.4, 0.5) is 4.39 Å². The monoisotopic (exact) mass is 430 g/mol. The molecule has 0 aromatic heterocycles. The van der Waals surface area contributed by atoms with Gasteiger partial charge in [0, 0.05) is 41.8 Å². The Morgan fingerprint density at radius 2 is 1.97 bits per heavy atom. The van der Waals surface area contributed by atoms with Crippen molar-refractivity contribution in [2.75, 3.05) is 19.6 Å². The van der Waals surface area contributed by atoms with E-state index in [1.165, 1.54) is 22.5 Å². The zero-order valence-electron chi connectivity index (χ0n) is 16.9. The minimum Gasteiger partial charge on any atom is -0.342 e. The first-order valence-corrected chi connectivity index (χ1v) is 11.5. The zero-order valence-corrected chi connectivity index (χ0v) is 17.7. The molecule has 0 amide bonds. The number of rotatable bonds is 2. The van der Waals surface area contributed by atoms with Crippen LogP contribution in [-0.2, 0) is 14.8 Å². The molecule has 30 heavy (non-hydrogen) atoms. The van der Waals surface area contributed by atoms with Gasteiger partial charge in [-0.1, -0.05) is 26.0 Å². The van der Waals surface area contributed by atoms with Gasteiger partial charge in [-0.2, -0.15) is 9.42 Å². The van der Waals surface area contributed by atoms with E-state index in [4.69, 9.17) is 0 Å². The Morgan fingerprint density at radius 1 is 1.20 bits per heavy atom. The van der Waals surface area contributed by atoms with Crippen LogP contribution in [0.25, 0.3) is 0 Å². The molecule has 1 aromatic carbocycles. The van der Waals surface area contributed by atoms with Crippen molar-refractivity contribution in [3.05, 3.63) is 52.7 Å². The van der Waals surface area contributed by atoms with Crippen LogP contribution < -0.4 is 5.32 Å². The zero-order chi connectivity index (χ0) is 21.3. The van der Waals surface area contributed by atoms with Gasteiger partial charge in [0.15, 0.2) is 11.6 Å². The molecule has 1 N–H and O–H groups in total. The Kier molecular flexibility index (Phi) is 4.11. The van der Waals surface area contributed by atoms with Crippen LogP contribution in [-0.4, -0.2) is 38.1 Å². The number of dihydropyridines is 1. The average molecular weight is 431 g/mol. The molecule has 0 saturated carbocycles. The van der Waals surface area contributed by atoms with Crippen molar-refractivity contribution >= 4 is 15.8 Å². The maximum Gasteiger partial charge on any atom is 0.246 e. The molecule has 9 heteroatoms. The number of carbonyl (C=O) groups is 1. The highest BCUT2D eigenvalue weighted by Crippen LogP contribution is 2.54. The number of azo groups is 1. The van der Waals surface area contributed by atoms with Crippen LogP contribution in [0.3, 0.4) is 0 Å². The average Bonchev–Trinajstić information content (AvgIpc) is 3.29. The lowest BCUT2D eigenvalue weighted by Gasteiger charge is -2.43. The smallest absolute Gasteiger partial charge is 0.246 e. The summed E-state index contributed by atoms with van der Waals surface area (Å²) in [6.07, 6.45) is 1.55. The summed E-state index contributed by atoms with van der Waals surface area (Å²) >= 11 is 0. The molecule has 5 rings (SSSR count). The van der Waals surface area contributed by atoms with E-state index in [-0.39, 0.29) is 29.2 Å². The van der Waals surface area contributed by atoms with E-state index >= 15 is 0 Å². The Balaban J connectivity index is 1.60. The largest absolute Gasteiger partial charge is 0.342 e. The van der Waals surface area contributed by atoms with Crippen LogP contribution in [0.2, 0.25) is 0 Å². The van der Waals surface area contributed by atoms with Crippen molar-refractivity contribution < 1.29 is 17.6 Å². The summed E-state index contributed by atoms with van der Waals surface area (Å²) in [7, 11) is -4.03. The Morgan fingerprint density at radius 3 is 2.73 bits per heavy atom. The second kappa shape index (κ2) is 6.31. The van der Waals surface area contributed by atoms with Gasteiger partial charge < -0.3 is 5.32 Å². The van der Waals surface area contributed by atoms with Gasteiger partial charge in [0.25, 0.3) is 0 Å². The molecule has 1 spiro atoms. The molecule has 0 bridgehead atoms. The fraction of sp³-hybridized carbons (Fsp3) is 0.476. The molecule has 4 aliphatic rings. The lowest BCUT2D eigenvalue weighted by atomic mass is 9.63. The minimum absolute atomic E-state index is 0.0392. The number of ketones is 1. The topological polar surface area (TPSA) is 91.2 Å². The number of benzene rings is 1. The number of carbonyl (C=O) groups excluding carboxylic acids is 1. The van der Waals surface area contributed by atoms with E-state index in [1.54, 1.807) is 0 Å². The summed E-state index contributed by atoms with van der Waals surface area (Å²) in [6, 6.07) is 5.40. The first-order chi connectivity index (χ1) is 14.1. The maximum absolute atomic E-state index is 14.3. The van der Waals surface area contributed by atoms with Crippen molar-refractivity contribution in [3.8, 4) is 0 Å². The van der Waals surface area contributed by atoms with E-state index in [0.717, 1.165) is 17.3 Å². The van der Waals surface area contributed by atoms with Crippen molar-refractivity contribution in [3.63, 3.8) is 0 Å². The number of halogens is 1. The first-order valence-electron chi connectivity index (χ1n) is 10.0. The lowest BCUT2D eigenvalue weighted by molar-refractivity contribution is -0.119. The van der Waals surface area contributed by atoms with Crippen molar-refractivity contribution in [1.82, 2.24) is 9.62 Å². The minimum atomic E-state index is -4.03. The highest BCUT2D eigenvalue weighted by atomic mass is 32.2. The molecule has 1 aliphatic carbocycles. The molecule has 0 radical (unpaired) electrons. The van der Waals surface area contributed by atoms with E-state index in [1.807, 2.05) is 13.8 Å². The molecule has 7 nitrogen and oxygen atoms in total. The molecule has 0 unspecified atom stereocenters. The quantitative estimate of drug-likeness (QED) is 0.780. The summed E-state index contributed by atoms with van der Waals surface area (Å²) in [5.41, 5.74) is 1.40.